The number of hydrogen-bond acceptors (Lipinski definition) is 6. The number of ether oxygens (including phenoxy) is 2. The van der Waals surface area contributed by atoms with E-state index in [0.717, 1.165) is 25.7 Å². The highest BCUT2D eigenvalue weighted by Gasteiger charge is 2.26. The molecule has 0 aromatic heterocycles. The average Bonchev–Trinajstić information content (AvgIpc) is 2.84. The predicted octanol–water partition coefficient (Wildman–Crippen LogP) is 7.43. The molecule has 0 saturated heterocycles. The van der Waals surface area contributed by atoms with Crippen molar-refractivity contribution in [3.8, 4) is 0 Å². The summed E-state index contributed by atoms with van der Waals surface area (Å²) >= 11 is 0. The smallest absolute Gasteiger partial charge is 0.457 e. The van der Waals surface area contributed by atoms with Crippen LogP contribution in [0.2, 0.25) is 0 Å². The first-order chi connectivity index (χ1) is 18.1. The average molecular weight is 567 g/mol. The molecule has 0 aromatic rings. The van der Waals surface area contributed by atoms with Crippen LogP contribution in [0.4, 0.5) is 0 Å². The first-order valence-electron chi connectivity index (χ1n) is 15.3. The molecule has 228 valence electrons. The Morgan fingerprint density at radius 1 is 0.711 bits per heavy atom. The highest BCUT2D eigenvalue weighted by molar-refractivity contribution is 7.47. The van der Waals surface area contributed by atoms with E-state index in [1.807, 2.05) is 28.1 Å². The molecule has 0 rings (SSSR count). The highest BCUT2D eigenvalue weighted by atomic mass is 31.2. The minimum atomic E-state index is -4.23. The summed E-state index contributed by atoms with van der Waals surface area (Å²) in [5.74, 6) is -0.348. The van der Waals surface area contributed by atoms with Crippen LogP contribution in [0.15, 0.2) is 0 Å². The zero-order valence-electron chi connectivity index (χ0n) is 25.4. The Bertz CT molecular complexity index is 598. The van der Waals surface area contributed by atoms with Crippen molar-refractivity contribution < 1.29 is 37.3 Å². The second-order valence-corrected chi connectivity index (χ2v) is 13.0. The van der Waals surface area contributed by atoms with E-state index in [2.05, 4.69) is 6.92 Å². The van der Waals surface area contributed by atoms with E-state index in [-0.39, 0.29) is 25.8 Å². The summed E-state index contributed by atoms with van der Waals surface area (Å²) in [6, 6.07) is 0. The van der Waals surface area contributed by atoms with Gasteiger partial charge in [-0.05, 0) is 12.8 Å². The van der Waals surface area contributed by atoms with Crippen molar-refractivity contribution in [3.05, 3.63) is 0 Å². The van der Waals surface area contributed by atoms with Gasteiger partial charge in [-0.25, -0.2) is 4.57 Å². The summed E-state index contributed by atoms with van der Waals surface area (Å²) in [7, 11) is 1.67. The lowest BCUT2D eigenvalue weighted by Crippen LogP contribution is -2.37. The number of phosphoric ester groups is 1. The molecule has 9 heteroatoms. The van der Waals surface area contributed by atoms with Crippen molar-refractivity contribution >= 4 is 13.8 Å². The first kappa shape index (κ1) is 37.5. The van der Waals surface area contributed by atoms with Crippen molar-refractivity contribution in [2.24, 2.45) is 0 Å². The van der Waals surface area contributed by atoms with Crippen LogP contribution in [0, 0.1) is 0 Å². The van der Waals surface area contributed by atoms with Crippen molar-refractivity contribution in [1.29, 1.82) is 0 Å². The van der Waals surface area contributed by atoms with Gasteiger partial charge in [0.05, 0.1) is 34.4 Å². The van der Waals surface area contributed by atoms with Crippen LogP contribution in [0.5, 0.6) is 0 Å². The van der Waals surface area contributed by atoms with Crippen LogP contribution in [-0.4, -0.2) is 75.6 Å². The number of rotatable bonds is 28. The molecular weight excluding hydrogens is 505 g/mol. The Balaban J connectivity index is 4.03. The minimum Gasteiger partial charge on any atom is -0.457 e. The normalized spacial score (nSPS) is 14.4. The molecule has 1 N–H and O–H groups in total. The van der Waals surface area contributed by atoms with E-state index in [4.69, 9.17) is 18.5 Å². The van der Waals surface area contributed by atoms with Crippen LogP contribution < -0.4 is 0 Å². The Morgan fingerprint density at radius 2 is 1.21 bits per heavy atom. The molecule has 0 spiro atoms. The van der Waals surface area contributed by atoms with Gasteiger partial charge >= 0.3 is 13.8 Å². The van der Waals surface area contributed by atoms with Crippen LogP contribution in [0.1, 0.15) is 123 Å². The van der Waals surface area contributed by atoms with E-state index in [1.165, 1.54) is 77.0 Å². The van der Waals surface area contributed by atoms with Gasteiger partial charge in [-0.2, -0.15) is 0 Å². The van der Waals surface area contributed by atoms with Gasteiger partial charge in [0.25, 0.3) is 0 Å². The molecule has 0 saturated carbocycles. The fraction of sp³-hybridized carbons (Fsp3) is 0.966. The maximum atomic E-state index is 12.2. The largest absolute Gasteiger partial charge is 0.472 e. The van der Waals surface area contributed by atoms with Crippen molar-refractivity contribution in [2.45, 2.75) is 129 Å². The van der Waals surface area contributed by atoms with Gasteiger partial charge in [0.15, 0.2) is 0 Å². The summed E-state index contributed by atoms with van der Waals surface area (Å²) in [6.07, 6.45) is 19.4. The molecule has 38 heavy (non-hydrogen) atoms. The van der Waals surface area contributed by atoms with Gasteiger partial charge in [0, 0.05) is 13.0 Å². The van der Waals surface area contributed by atoms with Gasteiger partial charge in [-0.3, -0.25) is 13.8 Å². The lowest BCUT2D eigenvalue weighted by molar-refractivity contribution is -0.870. The summed E-state index contributed by atoms with van der Waals surface area (Å²) in [6.45, 7) is 5.38. The number of unbranched alkanes of at least 4 members (excludes halogenated alkanes) is 14. The Kier molecular flexibility index (Phi) is 24.0. The second kappa shape index (κ2) is 24.3. The SMILES string of the molecule is CCCCCCCCCCCCCCCCOC[C@H](COP(=O)(O)OCC[N+](C)(C)C)OC(=O)CCCC. The fourth-order valence-electron chi connectivity index (χ4n) is 3.94. The maximum Gasteiger partial charge on any atom is 0.472 e. The summed E-state index contributed by atoms with van der Waals surface area (Å²) < 4.78 is 34.2. The second-order valence-electron chi connectivity index (χ2n) is 11.5. The van der Waals surface area contributed by atoms with Crippen molar-refractivity contribution in [3.63, 3.8) is 0 Å². The lowest BCUT2D eigenvalue weighted by atomic mass is 10.0. The van der Waals surface area contributed by atoms with Crippen molar-refractivity contribution in [2.75, 3.05) is 54.1 Å². The van der Waals surface area contributed by atoms with Crippen LogP contribution in [0.25, 0.3) is 0 Å². The number of quaternary nitrogens is 1. The Hall–Kier alpha value is -0.500. The standard InChI is InChI=1S/C29H60NO7P/c1-6-8-10-11-12-13-14-15-16-17-18-19-20-21-24-34-26-28(37-29(31)22-9-7-2)27-36-38(32,33)35-25-23-30(3,4)5/h28H,6-27H2,1-5H3/p+1/t28-/m1/s1. The molecule has 0 aromatic carbocycles. The van der Waals surface area contributed by atoms with Crippen LogP contribution in [-0.2, 0) is 27.9 Å². The monoisotopic (exact) mass is 566 g/mol. The Morgan fingerprint density at radius 3 is 1.71 bits per heavy atom. The third-order valence-corrected chi connectivity index (χ3v) is 7.40. The van der Waals surface area contributed by atoms with Gasteiger partial charge in [0.2, 0.25) is 0 Å². The number of carbonyl (C=O) groups is 1. The van der Waals surface area contributed by atoms with E-state index in [0.29, 0.717) is 24.1 Å². The summed E-state index contributed by atoms with van der Waals surface area (Å²) in [4.78, 5) is 22.1. The summed E-state index contributed by atoms with van der Waals surface area (Å²) in [5, 5.41) is 0. The molecule has 0 aliphatic carbocycles. The number of carbonyl (C=O) groups excluding carboxylic acids is 1. The molecule has 0 heterocycles. The van der Waals surface area contributed by atoms with Crippen LogP contribution in [0.3, 0.4) is 0 Å². The number of likely N-dealkylation sites (N-methyl/N-ethyl adjacent to an activating group) is 1. The van der Waals surface area contributed by atoms with E-state index < -0.39 is 13.9 Å². The van der Waals surface area contributed by atoms with Gasteiger partial charge in [0.1, 0.15) is 19.3 Å². The predicted molar refractivity (Wildman–Crippen MR) is 155 cm³/mol. The van der Waals surface area contributed by atoms with E-state index in [9.17, 15) is 14.3 Å². The van der Waals surface area contributed by atoms with E-state index >= 15 is 0 Å². The third-order valence-electron chi connectivity index (χ3n) is 6.42. The lowest BCUT2D eigenvalue weighted by Gasteiger charge is -2.24. The fourth-order valence-corrected chi connectivity index (χ4v) is 4.68. The molecule has 0 aliphatic rings. The number of esters is 1. The molecular formula is C29H61NO7P+. The van der Waals surface area contributed by atoms with Gasteiger partial charge in [-0.1, -0.05) is 104 Å². The zero-order chi connectivity index (χ0) is 28.5. The highest BCUT2D eigenvalue weighted by Crippen LogP contribution is 2.43. The molecule has 0 fully saturated rings. The molecule has 1 unspecified atom stereocenters. The molecule has 0 radical (unpaired) electrons. The topological polar surface area (TPSA) is 91.3 Å². The molecule has 0 bridgehead atoms. The van der Waals surface area contributed by atoms with E-state index in [1.54, 1.807) is 0 Å². The minimum absolute atomic E-state index is 0.0911. The maximum absolute atomic E-state index is 12.2. The van der Waals surface area contributed by atoms with Gasteiger partial charge in [-0.15, -0.1) is 0 Å². The molecule has 8 nitrogen and oxygen atoms in total. The number of phosphoric acid groups is 1. The molecule has 0 amide bonds. The quantitative estimate of drug-likeness (QED) is 0.0456. The Labute approximate surface area is 234 Å². The molecule has 0 aliphatic heterocycles. The van der Waals surface area contributed by atoms with Gasteiger partial charge < -0.3 is 18.9 Å². The van der Waals surface area contributed by atoms with Crippen molar-refractivity contribution in [1.82, 2.24) is 0 Å². The summed E-state index contributed by atoms with van der Waals surface area (Å²) in [5.41, 5.74) is 0. The first-order valence-corrected chi connectivity index (χ1v) is 16.8. The number of hydrogen-bond donors (Lipinski definition) is 1. The third kappa shape index (κ3) is 27.1. The number of nitrogens with zero attached hydrogens (tertiary/aromatic N) is 1. The molecule has 2 atom stereocenters. The zero-order valence-corrected chi connectivity index (χ0v) is 26.3. The van der Waals surface area contributed by atoms with Crippen LogP contribution >= 0.6 is 7.82 Å².